The molecule has 2 aromatic heterocycles. The molecule has 1 N–H and O–H groups in total. The van der Waals surface area contributed by atoms with Crippen molar-refractivity contribution < 1.29 is 4.79 Å². The Balaban J connectivity index is 1.69. The number of aryl methyl sites for hydroxylation is 3. The first-order chi connectivity index (χ1) is 14.8. The van der Waals surface area contributed by atoms with Crippen LogP contribution in [0.2, 0.25) is 0 Å². The molecule has 158 valence electrons. The molecule has 0 aliphatic rings. The Morgan fingerprint density at radius 1 is 0.968 bits per heavy atom. The summed E-state index contributed by atoms with van der Waals surface area (Å²) in [6.07, 6.45) is 2.22. The standard InChI is InChI=1S/C26H28N4O/c1-17-8-9-20(15-19(17)3)25-23(30-14-6-7-18(2)26(30)28-25)16-24(31)27-21-10-12-22(13-11-21)29(4)5/h6-15H,16H2,1-5H3,(H,27,31). The van der Waals surface area contributed by atoms with E-state index in [9.17, 15) is 4.79 Å². The zero-order valence-electron chi connectivity index (χ0n) is 18.7. The van der Waals surface area contributed by atoms with Crippen LogP contribution in [-0.4, -0.2) is 29.4 Å². The molecule has 1 amide bonds. The summed E-state index contributed by atoms with van der Waals surface area (Å²) in [5.41, 5.74) is 9.07. The first-order valence-corrected chi connectivity index (χ1v) is 10.4. The second kappa shape index (κ2) is 8.26. The Kier molecular flexibility index (Phi) is 5.51. The van der Waals surface area contributed by atoms with Crippen LogP contribution in [0.15, 0.2) is 60.8 Å². The van der Waals surface area contributed by atoms with Gasteiger partial charge in [0.2, 0.25) is 5.91 Å². The Morgan fingerprint density at radius 2 is 1.71 bits per heavy atom. The number of hydrogen-bond acceptors (Lipinski definition) is 3. The molecule has 2 aromatic carbocycles. The summed E-state index contributed by atoms with van der Waals surface area (Å²) in [6.45, 7) is 6.25. The molecule has 0 saturated heterocycles. The van der Waals surface area contributed by atoms with Gasteiger partial charge in [-0.2, -0.15) is 0 Å². The zero-order valence-corrected chi connectivity index (χ0v) is 18.7. The number of anilines is 2. The van der Waals surface area contributed by atoms with Gasteiger partial charge in [0.05, 0.1) is 17.8 Å². The van der Waals surface area contributed by atoms with E-state index in [2.05, 4.69) is 37.4 Å². The zero-order chi connectivity index (χ0) is 22.1. The first kappa shape index (κ1) is 20.7. The predicted molar refractivity (Wildman–Crippen MR) is 128 cm³/mol. The van der Waals surface area contributed by atoms with E-state index in [1.807, 2.05) is 72.9 Å². The van der Waals surface area contributed by atoms with E-state index in [0.717, 1.165) is 39.5 Å². The lowest BCUT2D eigenvalue weighted by molar-refractivity contribution is -0.115. The number of aromatic nitrogens is 2. The SMILES string of the molecule is Cc1ccc(-c2nc3c(C)cccn3c2CC(=O)Nc2ccc(N(C)C)cc2)cc1C. The molecular formula is C26H28N4O. The second-order valence-electron chi connectivity index (χ2n) is 8.26. The van der Waals surface area contributed by atoms with Crippen LogP contribution < -0.4 is 10.2 Å². The second-order valence-corrected chi connectivity index (χ2v) is 8.26. The molecule has 0 aliphatic heterocycles. The molecule has 0 fully saturated rings. The number of amides is 1. The largest absolute Gasteiger partial charge is 0.378 e. The van der Waals surface area contributed by atoms with Crippen molar-refractivity contribution in [2.45, 2.75) is 27.2 Å². The quantitative estimate of drug-likeness (QED) is 0.492. The maximum absolute atomic E-state index is 13.0. The third-order valence-corrected chi connectivity index (χ3v) is 5.72. The fourth-order valence-corrected chi connectivity index (χ4v) is 3.74. The number of carbonyl (C=O) groups excluding carboxylic acids is 1. The first-order valence-electron chi connectivity index (χ1n) is 10.4. The number of nitrogens with zero attached hydrogens (tertiary/aromatic N) is 3. The highest BCUT2D eigenvalue weighted by Crippen LogP contribution is 2.28. The van der Waals surface area contributed by atoms with Gasteiger partial charge in [-0.1, -0.05) is 18.2 Å². The summed E-state index contributed by atoms with van der Waals surface area (Å²) in [6, 6.07) is 18.2. The molecule has 0 atom stereocenters. The third-order valence-electron chi connectivity index (χ3n) is 5.72. The van der Waals surface area contributed by atoms with Crippen molar-refractivity contribution in [1.82, 2.24) is 9.38 Å². The average Bonchev–Trinajstić information content (AvgIpc) is 3.10. The van der Waals surface area contributed by atoms with Gasteiger partial charge in [-0.15, -0.1) is 0 Å². The smallest absolute Gasteiger partial charge is 0.230 e. The number of nitrogens with one attached hydrogen (secondary N) is 1. The molecule has 5 nitrogen and oxygen atoms in total. The monoisotopic (exact) mass is 412 g/mol. The van der Waals surface area contributed by atoms with E-state index in [4.69, 9.17) is 4.98 Å². The molecule has 31 heavy (non-hydrogen) atoms. The van der Waals surface area contributed by atoms with Crippen LogP contribution in [0.3, 0.4) is 0 Å². The Morgan fingerprint density at radius 3 is 2.39 bits per heavy atom. The van der Waals surface area contributed by atoms with Crippen molar-refractivity contribution in [3.63, 3.8) is 0 Å². The Hall–Kier alpha value is -3.60. The number of pyridine rings is 1. The van der Waals surface area contributed by atoms with E-state index >= 15 is 0 Å². The highest BCUT2D eigenvalue weighted by molar-refractivity contribution is 5.93. The molecule has 0 bridgehead atoms. The molecule has 0 aliphatic carbocycles. The van der Waals surface area contributed by atoms with Crippen LogP contribution in [0.1, 0.15) is 22.4 Å². The summed E-state index contributed by atoms with van der Waals surface area (Å²) >= 11 is 0. The Labute approximate surface area is 183 Å². The highest BCUT2D eigenvalue weighted by Gasteiger charge is 2.18. The molecule has 0 spiro atoms. The van der Waals surface area contributed by atoms with Crippen LogP contribution in [0.4, 0.5) is 11.4 Å². The van der Waals surface area contributed by atoms with Gasteiger partial charge in [-0.05, 0) is 73.9 Å². The topological polar surface area (TPSA) is 49.6 Å². The van der Waals surface area contributed by atoms with Crippen LogP contribution in [0.5, 0.6) is 0 Å². The molecule has 0 unspecified atom stereocenters. The van der Waals surface area contributed by atoms with Gasteiger partial charge in [-0.25, -0.2) is 4.98 Å². The van der Waals surface area contributed by atoms with E-state index in [-0.39, 0.29) is 12.3 Å². The highest BCUT2D eigenvalue weighted by atomic mass is 16.1. The van der Waals surface area contributed by atoms with Crippen LogP contribution in [-0.2, 0) is 11.2 Å². The van der Waals surface area contributed by atoms with Crippen LogP contribution in [0.25, 0.3) is 16.9 Å². The summed E-state index contributed by atoms with van der Waals surface area (Å²) < 4.78 is 2.04. The summed E-state index contributed by atoms with van der Waals surface area (Å²) in [5.74, 6) is -0.0639. The van der Waals surface area contributed by atoms with Gasteiger partial charge < -0.3 is 14.6 Å². The minimum atomic E-state index is -0.0639. The van der Waals surface area contributed by atoms with E-state index in [1.54, 1.807) is 0 Å². The van der Waals surface area contributed by atoms with E-state index in [1.165, 1.54) is 11.1 Å². The molecule has 0 saturated carbocycles. The Bertz CT molecular complexity index is 1250. The molecule has 4 rings (SSSR count). The fraction of sp³-hybridized carbons (Fsp3) is 0.231. The number of rotatable bonds is 5. The molecule has 0 radical (unpaired) electrons. The van der Waals surface area contributed by atoms with Crippen LogP contribution in [0, 0.1) is 20.8 Å². The van der Waals surface area contributed by atoms with Gasteiger partial charge in [0, 0.05) is 37.2 Å². The number of carbonyl (C=O) groups is 1. The lowest BCUT2D eigenvalue weighted by Gasteiger charge is -2.13. The van der Waals surface area contributed by atoms with Gasteiger partial charge >= 0.3 is 0 Å². The molecule has 5 heteroatoms. The summed E-state index contributed by atoms with van der Waals surface area (Å²) in [5, 5.41) is 3.03. The van der Waals surface area contributed by atoms with E-state index < -0.39 is 0 Å². The minimum Gasteiger partial charge on any atom is -0.378 e. The van der Waals surface area contributed by atoms with Gasteiger partial charge in [0.1, 0.15) is 5.65 Å². The summed E-state index contributed by atoms with van der Waals surface area (Å²) in [7, 11) is 3.99. The third kappa shape index (κ3) is 4.17. The van der Waals surface area contributed by atoms with Crippen molar-refractivity contribution >= 4 is 22.9 Å². The molecule has 2 heterocycles. The molecule has 4 aromatic rings. The van der Waals surface area contributed by atoms with Crippen molar-refractivity contribution in [2.75, 3.05) is 24.3 Å². The van der Waals surface area contributed by atoms with Crippen LogP contribution >= 0.6 is 0 Å². The predicted octanol–water partition coefficient (Wildman–Crippen LogP) is 5.17. The van der Waals surface area contributed by atoms with Crippen molar-refractivity contribution in [1.29, 1.82) is 0 Å². The maximum Gasteiger partial charge on any atom is 0.230 e. The summed E-state index contributed by atoms with van der Waals surface area (Å²) in [4.78, 5) is 19.9. The van der Waals surface area contributed by atoms with Gasteiger partial charge in [0.15, 0.2) is 0 Å². The number of fused-ring (bicyclic) bond motifs is 1. The average molecular weight is 413 g/mol. The van der Waals surface area contributed by atoms with Gasteiger partial charge in [-0.3, -0.25) is 4.79 Å². The van der Waals surface area contributed by atoms with E-state index in [0.29, 0.717) is 0 Å². The minimum absolute atomic E-state index is 0.0639. The number of benzene rings is 2. The van der Waals surface area contributed by atoms with Crippen molar-refractivity contribution in [3.8, 4) is 11.3 Å². The van der Waals surface area contributed by atoms with Crippen molar-refractivity contribution in [2.24, 2.45) is 0 Å². The van der Waals surface area contributed by atoms with Gasteiger partial charge in [0.25, 0.3) is 0 Å². The lowest BCUT2D eigenvalue weighted by Crippen LogP contribution is -2.16. The normalized spacial score (nSPS) is 11.0. The lowest BCUT2D eigenvalue weighted by atomic mass is 10.0. The fourth-order valence-electron chi connectivity index (χ4n) is 3.74. The number of hydrogen-bond donors (Lipinski definition) is 1. The molecular weight excluding hydrogens is 384 g/mol. The van der Waals surface area contributed by atoms with Crippen molar-refractivity contribution in [3.05, 3.63) is 83.2 Å². The maximum atomic E-state index is 13.0. The number of imidazole rings is 1.